The molecule has 0 saturated heterocycles. The molecule has 0 aromatic heterocycles. The Hall–Kier alpha value is 0.423. The third kappa shape index (κ3) is 5.44. The van der Waals surface area contributed by atoms with E-state index in [1.54, 1.807) is 11.1 Å². The summed E-state index contributed by atoms with van der Waals surface area (Å²) in [5.74, 6) is 1.44. The van der Waals surface area contributed by atoms with E-state index in [2.05, 4.69) is 79.7 Å². The third-order valence-corrected chi connectivity index (χ3v) is 11.8. The maximum atomic E-state index is 2.52. The summed E-state index contributed by atoms with van der Waals surface area (Å²) < 4.78 is 3.74. The maximum Gasteiger partial charge on any atom is -0.147 e. The normalized spacial score (nSPS) is 16.8. The number of halogens is 2. The van der Waals surface area contributed by atoms with E-state index < -0.39 is 23.2 Å². The first-order chi connectivity index (χ1) is 12.8. The van der Waals surface area contributed by atoms with Crippen molar-refractivity contribution in [2.75, 3.05) is 0 Å². The maximum absolute atomic E-state index is 2.52. The number of allylic oxidation sites excluding steroid dienone is 8. The van der Waals surface area contributed by atoms with Crippen LogP contribution in [0.15, 0.2) is 42.0 Å². The molecule has 0 bridgehead atoms. The quantitative estimate of drug-likeness (QED) is 0.270. The van der Waals surface area contributed by atoms with E-state index in [1.807, 2.05) is 6.56 Å². The van der Waals surface area contributed by atoms with Crippen LogP contribution in [0.5, 0.6) is 0 Å². The van der Waals surface area contributed by atoms with Crippen LogP contribution in [-0.4, -0.2) is 0 Å². The Morgan fingerprint density at radius 2 is 1.00 bits per heavy atom. The van der Waals surface area contributed by atoms with Crippen LogP contribution >= 0.6 is 24.8 Å². The zero-order chi connectivity index (χ0) is 20.2. The SMILES string of the molecule is CCC(CC)(C1=[C]([Zr][C]2=C(C(CC)(CC)C(C)C)C=CC2)CC=C1)C(C)C.Cl.Cl. The molecule has 29 heavy (non-hydrogen) atoms. The van der Waals surface area contributed by atoms with Gasteiger partial charge in [-0.15, -0.1) is 24.8 Å². The fourth-order valence-electron chi connectivity index (χ4n) is 5.88. The first-order valence-electron chi connectivity index (χ1n) is 11.4. The zero-order valence-corrected chi connectivity index (χ0v) is 24.1. The van der Waals surface area contributed by atoms with Crippen LogP contribution in [0.2, 0.25) is 0 Å². The Morgan fingerprint density at radius 3 is 1.24 bits per heavy atom. The van der Waals surface area contributed by atoms with Gasteiger partial charge in [-0.05, 0) is 0 Å². The van der Waals surface area contributed by atoms with Crippen molar-refractivity contribution in [3.05, 3.63) is 42.0 Å². The standard InChI is InChI=1S/2C13H21.2ClH.Zr/c2*1-5-13(6-2,11(3)4)12-9-7-8-10-12;;;/h2*7,9,11H,5-6,8H2,1-4H3;2*1H;. The van der Waals surface area contributed by atoms with Gasteiger partial charge in [0.15, 0.2) is 0 Å². The van der Waals surface area contributed by atoms with Crippen molar-refractivity contribution in [2.24, 2.45) is 22.7 Å². The molecule has 0 aromatic rings. The molecule has 166 valence electrons. The molecule has 0 saturated carbocycles. The molecule has 0 heterocycles. The average molecular weight is 519 g/mol. The summed E-state index contributed by atoms with van der Waals surface area (Å²) in [5.41, 5.74) is 4.27. The molecule has 2 aliphatic rings. The minimum Gasteiger partial charge on any atom is -0.147 e. The Kier molecular flexibility index (Phi) is 12.6. The van der Waals surface area contributed by atoms with E-state index in [9.17, 15) is 0 Å². The van der Waals surface area contributed by atoms with Crippen LogP contribution in [0.1, 0.15) is 93.9 Å². The predicted octanol–water partition coefficient (Wildman–Crippen LogP) is 9.27. The van der Waals surface area contributed by atoms with Gasteiger partial charge < -0.3 is 0 Å². The first kappa shape index (κ1) is 29.4. The van der Waals surface area contributed by atoms with Gasteiger partial charge in [0.05, 0.1) is 0 Å². The molecule has 0 amide bonds. The van der Waals surface area contributed by atoms with Crippen molar-refractivity contribution in [3.8, 4) is 0 Å². The fourth-order valence-corrected chi connectivity index (χ4v) is 10.2. The number of rotatable bonds is 10. The summed E-state index contributed by atoms with van der Waals surface area (Å²) in [6, 6.07) is 0. The zero-order valence-electron chi connectivity index (χ0n) is 20.0. The molecule has 0 fully saturated rings. The summed E-state index contributed by atoms with van der Waals surface area (Å²) in [6.45, 7) is 19.4. The average Bonchev–Trinajstić information content (AvgIpc) is 3.29. The summed E-state index contributed by atoms with van der Waals surface area (Å²) in [4.78, 5) is 0. The van der Waals surface area contributed by atoms with Crippen LogP contribution in [0.25, 0.3) is 0 Å². The fraction of sp³-hybridized carbons (Fsp3) is 0.692. The van der Waals surface area contributed by atoms with Crippen LogP contribution in [0.3, 0.4) is 0 Å². The van der Waals surface area contributed by atoms with Crippen LogP contribution < -0.4 is 0 Å². The van der Waals surface area contributed by atoms with Crippen LogP contribution in [-0.2, 0) is 23.2 Å². The second-order valence-electron chi connectivity index (χ2n) is 9.16. The summed E-state index contributed by atoms with van der Waals surface area (Å²) in [5, 5.41) is 0. The van der Waals surface area contributed by atoms with Gasteiger partial charge >= 0.3 is 182 Å². The van der Waals surface area contributed by atoms with Gasteiger partial charge in [-0.25, -0.2) is 0 Å². The second kappa shape index (κ2) is 12.5. The molecule has 0 aliphatic heterocycles. The summed E-state index contributed by atoms with van der Waals surface area (Å²) in [6.07, 6.45) is 17.5. The minimum absolute atomic E-state index is 0. The predicted molar refractivity (Wildman–Crippen MR) is 132 cm³/mol. The smallest absolute Gasteiger partial charge is 0.147 e. The Bertz CT molecular complexity index is 586. The van der Waals surface area contributed by atoms with Gasteiger partial charge in [0.2, 0.25) is 0 Å². The van der Waals surface area contributed by atoms with Crippen molar-refractivity contribution in [1.82, 2.24) is 0 Å². The minimum atomic E-state index is -0.703. The van der Waals surface area contributed by atoms with Crippen LogP contribution in [0.4, 0.5) is 0 Å². The topological polar surface area (TPSA) is 0 Å². The molecule has 0 spiro atoms. The van der Waals surface area contributed by atoms with E-state index in [0.717, 1.165) is 11.8 Å². The van der Waals surface area contributed by atoms with E-state index in [1.165, 1.54) is 38.5 Å². The van der Waals surface area contributed by atoms with Gasteiger partial charge in [0.25, 0.3) is 0 Å². The Balaban J connectivity index is 0.00000392. The van der Waals surface area contributed by atoms with Crippen molar-refractivity contribution in [2.45, 2.75) is 93.9 Å². The second-order valence-corrected chi connectivity index (χ2v) is 12.7. The third-order valence-electron chi connectivity index (χ3n) is 7.97. The number of hydrogen-bond donors (Lipinski definition) is 0. The molecule has 0 aromatic carbocycles. The molecular weight excluding hydrogens is 474 g/mol. The summed E-state index contributed by atoms with van der Waals surface area (Å²) >= 11 is -0.703. The van der Waals surface area contributed by atoms with Gasteiger partial charge in [0.1, 0.15) is 0 Å². The molecule has 2 aliphatic carbocycles. The van der Waals surface area contributed by atoms with E-state index in [4.69, 9.17) is 0 Å². The van der Waals surface area contributed by atoms with Crippen molar-refractivity contribution in [3.63, 3.8) is 0 Å². The number of hydrogen-bond acceptors (Lipinski definition) is 0. The van der Waals surface area contributed by atoms with E-state index in [0.29, 0.717) is 10.8 Å². The van der Waals surface area contributed by atoms with Crippen molar-refractivity contribution < 1.29 is 23.2 Å². The molecule has 3 heteroatoms. The van der Waals surface area contributed by atoms with E-state index >= 15 is 0 Å². The van der Waals surface area contributed by atoms with Gasteiger partial charge in [-0.2, -0.15) is 0 Å². The van der Waals surface area contributed by atoms with Crippen molar-refractivity contribution >= 4 is 24.8 Å². The molecule has 0 N–H and O–H groups in total. The van der Waals surface area contributed by atoms with Crippen LogP contribution in [0, 0.1) is 22.7 Å². The molecule has 0 radical (unpaired) electrons. The summed E-state index contributed by atoms with van der Waals surface area (Å²) in [7, 11) is 0. The van der Waals surface area contributed by atoms with Gasteiger partial charge in [-0.3, -0.25) is 0 Å². The van der Waals surface area contributed by atoms with Gasteiger partial charge in [-0.1, -0.05) is 0 Å². The van der Waals surface area contributed by atoms with E-state index in [-0.39, 0.29) is 24.8 Å². The molecule has 0 nitrogen and oxygen atoms in total. The molecule has 2 rings (SSSR count). The van der Waals surface area contributed by atoms with Crippen molar-refractivity contribution in [1.29, 1.82) is 0 Å². The Labute approximate surface area is 205 Å². The Morgan fingerprint density at radius 1 is 0.690 bits per heavy atom. The first-order valence-corrected chi connectivity index (χ1v) is 13.9. The molecular formula is C26H44Cl2Zr. The largest absolute Gasteiger partial charge is 0.147 e. The monoisotopic (exact) mass is 516 g/mol. The molecule has 0 unspecified atom stereocenters. The van der Waals surface area contributed by atoms with Gasteiger partial charge in [0, 0.05) is 0 Å². The molecule has 0 atom stereocenters.